The molecule has 0 unspecified atom stereocenters. The number of carbonyl (C=O) groups is 1. The zero-order valence-electron chi connectivity index (χ0n) is 13.3. The van der Waals surface area contributed by atoms with Crippen LogP contribution < -0.4 is 10.1 Å². The standard InChI is InChI=1S/C17H25NO3/c1-5-21-16(19)17(10-13(11-17)12(2)3)18-14-6-8-15(20-4)9-7-14/h6-9,12-13,18H,5,10-11H2,1-4H3. The molecule has 0 aromatic heterocycles. The highest BCUT2D eigenvalue weighted by Crippen LogP contribution is 2.45. The predicted molar refractivity (Wildman–Crippen MR) is 83.5 cm³/mol. The van der Waals surface area contributed by atoms with Crippen molar-refractivity contribution < 1.29 is 14.3 Å². The van der Waals surface area contributed by atoms with Crippen LogP contribution >= 0.6 is 0 Å². The van der Waals surface area contributed by atoms with E-state index in [2.05, 4.69) is 19.2 Å². The van der Waals surface area contributed by atoms with Crippen molar-refractivity contribution >= 4 is 11.7 Å². The first-order valence-corrected chi connectivity index (χ1v) is 7.60. The number of benzene rings is 1. The van der Waals surface area contributed by atoms with Gasteiger partial charge in [0.15, 0.2) is 0 Å². The fourth-order valence-electron chi connectivity index (χ4n) is 2.85. The quantitative estimate of drug-likeness (QED) is 0.815. The highest BCUT2D eigenvalue weighted by atomic mass is 16.5. The summed E-state index contributed by atoms with van der Waals surface area (Å²) in [7, 11) is 1.64. The maximum Gasteiger partial charge on any atom is 0.331 e. The number of hydrogen-bond donors (Lipinski definition) is 1. The van der Waals surface area contributed by atoms with Gasteiger partial charge in [-0.05, 0) is 55.9 Å². The fraction of sp³-hybridized carbons (Fsp3) is 0.588. The molecule has 0 atom stereocenters. The molecule has 2 rings (SSSR count). The molecular weight excluding hydrogens is 266 g/mol. The molecule has 1 aromatic rings. The average Bonchev–Trinajstić information content (AvgIpc) is 2.42. The molecule has 4 heteroatoms. The van der Waals surface area contributed by atoms with Gasteiger partial charge in [0.25, 0.3) is 0 Å². The second-order valence-electron chi connectivity index (χ2n) is 6.07. The Kier molecular flexibility index (Phi) is 4.76. The molecule has 0 radical (unpaired) electrons. The number of ether oxygens (including phenoxy) is 2. The van der Waals surface area contributed by atoms with Crippen LogP contribution in [-0.4, -0.2) is 25.2 Å². The normalized spacial score (nSPS) is 24.3. The molecule has 0 saturated heterocycles. The lowest BCUT2D eigenvalue weighted by Crippen LogP contribution is -2.58. The molecule has 0 spiro atoms. The van der Waals surface area contributed by atoms with E-state index in [9.17, 15) is 4.79 Å². The average molecular weight is 291 g/mol. The second-order valence-corrected chi connectivity index (χ2v) is 6.07. The van der Waals surface area contributed by atoms with Crippen LogP contribution in [0.15, 0.2) is 24.3 Å². The first-order valence-electron chi connectivity index (χ1n) is 7.60. The molecular formula is C17H25NO3. The summed E-state index contributed by atoms with van der Waals surface area (Å²) in [5, 5.41) is 3.38. The zero-order chi connectivity index (χ0) is 15.5. The van der Waals surface area contributed by atoms with E-state index in [4.69, 9.17) is 9.47 Å². The Morgan fingerprint density at radius 3 is 2.43 bits per heavy atom. The lowest BCUT2D eigenvalue weighted by atomic mass is 9.64. The Bertz CT molecular complexity index is 475. The third kappa shape index (κ3) is 3.31. The molecule has 1 aliphatic carbocycles. The maximum atomic E-state index is 12.3. The molecule has 1 N–H and O–H groups in total. The molecule has 0 amide bonds. The van der Waals surface area contributed by atoms with E-state index >= 15 is 0 Å². The molecule has 1 aromatic carbocycles. The summed E-state index contributed by atoms with van der Waals surface area (Å²) in [6.45, 7) is 6.66. The molecule has 1 saturated carbocycles. The van der Waals surface area contributed by atoms with Crippen LogP contribution in [0, 0.1) is 11.8 Å². The van der Waals surface area contributed by atoms with Gasteiger partial charge in [-0.1, -0.05) is 13.8 Å². The molecule has 0 bridgehead atoms. The van der Waals surface area contributed by atoms with Gasteiger partial charge in [-0.25, -0.2) is 4.79 Å². The Hall–Kier alpha value is -1.71. The van der Waals surface area contributed by atoms with E-state index in [0.717, 1.165) is 24.3 Å². The monoisotopic (exact) mass is 291 g/mol. The third-order valence-corrected chi connectivity index (χ3v) is 4.30. The van der Waals surface area contributed by atoms with Crippen LogP contribution in [0.3, 0.4) is 0 Å². The van der Waals surface area contributed by atoms with Crippen LogP contribution in [0.5, 0.6) is 5.75 Å². The van der Waals surface area contributed by atoms with Gasteiger partial charge in [-0.2, -0.15) is 0 Å². The Labute approximate surface area is 126 Å². The van der Waals surface area contributed by atoms with Crippen LogP contribution in [0.2, 0.25) is 0 Å². The summed E-state index contributed by atoms with van der Waals surface area (Å²) in [4.78, 5) is 12.3. The number of anilines is 1. The fourth-order valence-corrected chi connectivity index (χ4v) is 2.85. The molecule has 1 fully saturated rings. The molecule has 0 aliphatic heterocycles. The topological polar surface area (TPSA) is 47.6 Å². The van der Waals surface area contributed by atoms with Gasteiger partial charge >= 0.3 is 5.97 Å². The Balaban J connectivity index is 2.11. The minimum Gasteiger partial charge on any atom is -0.497 e. The van der Waals surface area contributed by atoms with Gasteiger partial charge in [0.2, 0.25) is 0 Å². The minimum absolute atomic E-state index is 0.141. The van der Waals surface area contributed by atoms with E-state index < -0.39 is 5.54 Å². The predicted octanol–water partition coefficient (Wildman–Crippen LogP) is 3.48. The summed E-state index contributed by atoms with van der Waals surface area (Å²) < 4.78 is 10.4. The van der Waals surface area contributed by atoms with Crippen molar-refractivity contribution in [2.24, 2.45) is 11.8 Å². The van der Waals surface area contributed by atoms with Crippen molar-refractivity contribution in [1.82, 2.24) is 0 Å². The lowest BCUT2D eigenvalue weighted by molar-refractivity contribution is -0.154. The molecule has 21 heavy (non-hydrogen) atoms. The van der Waals surface area contributed by atoms with Gasteiger partial charge in [0, 0.05) is 5.69 Å². The number of hydrogen-bond acceptors (Lipinski definition) is 4. The summed E-state index contributed by atoms with van der Waals surface area (Å²) >= 11 is 0. The number of nitrogens with one attached hydrogen (secondary N) is 1. The maximum absolute atomic E-state index is 12.3. The van der Waals surface area contributed by atoms with Gasteiger partial charge in [0.1, 0.15) is 11.3 Å². The summed E-state index contributed by atoms with van der Waals surface area (Å²) in [5.41, 5.74) is 0.352. The summed E-state index contributed by atoms with van der Waals surface area (Å²) in [5.74, 6) is 1.82. The van der Waals surface area contributed by atoms with Crippen molar-refractivity contribution in [3.63, 3.8) is 0 Å². The summed E-state index contributed by atoms with van der Waals surface area (Å²) in [6, 6.07) is 7.64. The third-order valence-electron chi connectivity index (χ3n) is 4.30. The van der Waals surface area contributed by atoms with Crippen LogP contribution in [0.25, 0.3) is 0 Å². The highest BCUT2D eigenvalue weighted by molar-refractivity contribution is 5.86. The molecule has 0 heterocycles. The van der Waals surface area contributed by atoms with Crippen molar-refractivity contribution in [3.8, 4) is 5.75 Å². The van der Waals surface area contributed by atoms with E-state index in [1.54, 1.807) is 7.11 Å². The smallest absolute Gasteiger partial charge is 0.331 e. The van der Waals surface area contributed by atoms with Crippen LogP contribution in [-0.2, 0) is 9.53 Å². The largest absolute Gasteiger partial charge is 0.497 e. The van der Waals surface area contributed by atoms with Crippen molar-refractivity contribution in [3.05, 3.63) is 24.3 Å². The van der Waals surface area contributed by atoms with E-state index in [-0.39, 0.29) is 5.97 Å². The molecule has 116 valence electrons. The number of esters is 1. The first-order chi connectivity index (χ1) is 10.0. The first kappa shape index (κ1) is 15.7. The Morgan fingerprint density at radius 2 is 1.95 bits per heavy atom. The van der Waals surface area contributed by atoms with Crippen molar-refractivity contribution in [1.29, 1.82) is 0 Å². The van der Waals surface area contributed by atoms with Crippen LogP contribution in [0.1, 0.15) is 33.6 Å². The van der Waals surface area contributed by atoms with Gasteiger partial charge in [0.05, 0.1) is 13.7 Å². The number of rotatable bonds is 6. The van der Waals surface area contributed by atoms with Gasteiger partial charge in [-0.15, -0.1) is 0 Å². The van der Waals surface area contributed by atoms with E-state index in [0.29, 0.717) is 18.4 Å². The van der Waals surface area contributed by atoms with Gasteiger partial charge in [-0.3, -0.25) is 0 Å². The lowest BCUT2D eigenvalue weighted by Gasteiger charge is -2.48. The van der Waals surface area contributed by atoms with Gasteiger partial charge < -0.3 is 14.8 Å². The SMILES string of the molecule is CCOC(=O)C1(Nc2ccc(OC)cc2)CC(C(C)C)C1. The van der Waals surface area contributed by atoms with Crippen molar-refractivity contribution in [2.45, 2.75) is 39.2 Å². The second kappa shape index (κ2) is 6.37. The molecule has 4 nitrogen and oxygen atoms in total. The van der Waals surface area contributed by atoms with Crippen molar-refractivity contribution in [2.75, 3.05) is 19.0 Å². The molecule has 1 aliphatic rings. The highest BCUT2D eigenvalue weighted by Gasteiger charge is 2.52. The Morgan fingerprint density at radius 1 is 1.33 bits per heavy atom. The van der Waals surface area contributed by atoms with Crippen LogP contribution in [0.4, 0.5) is 5.69 Å². The number of carbonyl (C=O) groups excluding carboxylic acids is 1. The minimum atomic E-state index is -0.570. The van der Waals surface area contributed by atoms with E-state index in [1.165, 1.54) is 0 Å². The zero-order valence-corrected chi connectivity index (χ0v) is 13.3. The van der Waals surface area contributed by atoms with E-state index in [1.807, 2.05) is 31.2 Å². The number of methoxy groups -OCH3 is 1. The summed E-state index contributed by atoms with van der Waals surface area (Å²) in [6.07, 6.45) is 1.66.